The van der Waals surface area contributed by atoms with Crippen LogP contribution in [-0.4, -0.2) is 40.2 Å². The highest BCUT2D eigenvalue weighted by Gasteiger charge is 2.15. The minimum atomic E-state index is 0.448. The molecule has 0 atom stereocenters. The molecule has 7 nitrogen and oxygen atoms in total. The van der Waals surface area contributed by atoms with Crippen molar-refractivity contribution in [1.82, 2.24) is 20.0 Å². The largest absolute Gasteiger partial charge is 0.496 e. The summed E-state index contributed by atoms with van der Waals surface area (Å²) in [5, 5.41) is 3.79. The Labute approximate surface area is 157 Å². The van der Waals surface area contributed by atoms with Gasteiger partial charge in [-0.15, -0.1) is 0 Å². The number of rotatable bonds is 6. The van der Waals surface area contributed by atoms with Gasteiger partial charge in [-0.25, -0.2) is 4.98 Å². The third kappa shape index (κ3) is 4.09. The zero-order valence-electron chi connectivity index (χ0n) is 15.5. The molecule has 0 bridgehead atoms. The molecule has 1 fully saturated rings. The fraction of sp³-hybridized carbons (Fsp3) is 0.350. The van der Waals surface area contributed by atoms with Gasteiger partial charge in [0.15, 0.2) is 5.82 Å². The van der Waals surface area contributed by atoms with Crippen LogP contribution >= 0.6 is 0 Å². The van der Waals surface area contributed by atoms with Gasteiger partial charge < -0.3 is 14.0 Å². The third-order valence-electron chi connectivity index (χ3n) is 4.58. The highest BCUT2D eigenvalue weighted by Crippen LogP contribution is 2.29. The van der Waals surface area contributed by atoms with E-state index in [-0.39, 0.29) is 0 Å². The Balaban J connectivity index is 1.49. The van der Waals surface area contributed by atoms with Gasteiger partial charge in [-0.3, -0.25) is 4.90 Å². The predicted molar refractivity (Wildman–Crippen MR) is 99.8 cm³/mol. The first-order valence-corrected chi connectivity index (χ1v) is 9.05. The Hall–Kier alpha value is -2.93. The molecule has 27 heavy (non-hydrogen) atoms. The topological polar surface area (TPSA) is 73.5 Å². The van der Waals surface area contributed by atoms with E-state index in [1.54, 1.807) is 26.3 Å². The minimum absolute atomic E-state index is 0.448. The molecular weight excluding hydrogens is 344 g/mol. The Kier molecular flexibility index (Phi) is 5.02. The summed E-state index contributed by atoms with van der Waals surface area (Å²) in [5.74, 6) is 3.16. The van der Waals surface area contributed by atoms with Crippen LogP contribution in [0.1, 0.15) is 24.2 Å². The molecule has 0 aliphatic carbocycles. The van der Waals surface area contributed by atoms with Crippen LogP contribution in [0.15, 0.2) is 41.1 Å². The van der Waals surface area contributed by atoms with E-state index in [1.807, 2.05) is 24.3 Å². The predicted octanol–water partition coefficient (Wildman–Crippen LogP) is 3.84. The summed E-state index contributed by atoms with van der Waals surface area (Å²) in [6.45, 7) is 4.91. The van der Waals surface area contributed by atoms with Crippen LogP contribution in [0.5, 0.6) is 17.4 Å². The number of nitrogens with zero attached hydrogens (tertiary/aromatic N) is 4. The average Bonchev–Trinajstić information content (AvgIpc) is 3.34. The molecule has 1 aliphatic heterocycles. The molecule has 0 saturated carbocycles. The Bertz CT molecular complexity index is 902. The van der Waals surface area contributed by atoms with Gasteiger partial charge in [-0.05, 0) is 57.1 Å². The number of aromatic nitrogens is 3. The first-order chi connectivity index (χ1) is 13.2. The molecule has 7 heteroatoms. The van der Waals surface area contributed by atoms with E-state index in [1.165, 1.54) is 12.8 Å². The van der Waals surface area contributed by atoms with Crippen molar-refractivity contribution >= 4 is 0 Å². The molecule has 0 unspecified atom stereocenters. The molecule has 3 aromatic rings. The molecule has 3 heterocycles. The summed E-state index contributed by atoms with van der Waals surface area (Å²) in [4.78, 5) is 11.0. The van der Waals surface area contributed by atoms with Gasteiger partial charge in [-0.1, -0.05) is 5.16 Å². The van der Waals surface area contributed by atoms with E-state index in [4.69, 9.17) is 14.0 Å². The highest BCUT2D eigenvalue weighted by atomic mass is 16.5. The van der Waals surface area contributed by atoms with E-state index >= 15 is 0 Å². The number of hydrogen-bond donors (Lipinski definition) is 0. The first kappa shape index (κ1) is 17.5. The number of benzene rings is 1. The second-order valence-electron chi connectivity index (χ2n) is 6.59. The molecule has 0 N–H and O–H groups in total. The van der Waals surface area contributed by atoms with Crippen molar-refractivity contribution in [2.45, 2.75) is 26.3 Å². The molecule has 4 rings (SSSR count). The molecule has 1 aromatic carbocycles. The van der Waals surface area contributed by atoms with Gasteiger partial charge in [0.05, 0.1) is 12.7 Å². The number of pyridine rings is 1. The van der Waals surface area contributed by atoms with E-state index in [9.17, 15) is 0 Å². The van der Waals surface area contributed by atoms with Crippen LogP contribution in [0.2, 0.25) is 0 Å². The van der Waals surface area contributed by atoms with Crippen molar-refractivity contribution < 1.29 is 14.0 Å². The lowest BCUT2D eigenvalue weighted by Crippen LogP contribution is -2.18. The fourth-order valence-electron chi connectivity index (χ4n) is 3.23. The molecule has 0 radical (unpaired) electrons. The van der Waals surface area contributed by atoms with E-state index in [2.05, 4.69) is 20.0 Å². The summed E-state index contributed by atoms with van der Waals surface area (Å²) in [6, 6.07) is 9.50. The zero-order valence-corrected chi connectivity index (χ0v) is 15.5. The molecule has 0 amide bonds. The molecule has 140 valence electrons. The van der Waals surface area contributed by atoms with Crippen molar-refractivity contribution in [2.24, 2.45) is 0 Å². The highest BCUT2D eigenvalue weighted by molar-refractivity contribution is 5.51. The monoisotopic (exact) mass is 366 g/mol. The van der Waals surface area contributed by atoms with E-state index < -0.39 is 0 Å². The number of methoxy groups -OCH3 is 1. The summed E-state index contributed by atoms with van der Waals surface area (Å²) < 4.78 is 16.6. The quantitative estimate of drug-likeness (QED) is 0.656. The zero-order chi connectivity index (χ0) is 18.6. The third-order valence-corrected chi connectivity index (χ3v) is 4.58. The fourth-order valence-corrected chi connectivity index (χ4v) is 3.23. The maximum absolute atomic E-state index is 5.93. The lowest BCUT2D eigenvalue weighted by atomic mass is 10.1. The van der Waals surface area contributed by atoms with Crippen molar-refractivity contribution in [2.75, 3.05) is 20.2 Å². The molecule has 1 aliphatic rings. The molecule has 2 aromatic heterocycles. The molecular formula is C20H22N4O3. The number of aryl methyl sites for hydroxylation is 1. The lowest BCUT2D eigenvalue weighted by molar-refractivity contribution is 0.320. The van der Waals surface area contributed by atoms with E-state index in [0.717, 1.165) is 42.3 Å². The van der Waals surface area contributed by atoms with Crippen molar-refractivity contribution in [1.29, 1.82) is 0 Å². The van der Waals surface area contributed by atoms with Gasteiger partial charge in [0.25, 0.3) is 5.89 Å². The number of likely N-dealkylation sites (tertiary alicyclic amines) is 1. The van der Waals surface area contributed by atoms with Crippen LogP contribution < -0.4 is 9.47 Å². The lowest BCUT2D eigenvalue weighted by Gasteiger charge is -2.17. The van der Waals surface area contributed by atoms with Crippen molar-refractivity contribution in [3.63, 3.8) is 0 Å². The van der Waals surface area contributed by atoms with Crippen LogP contribution in [0.3, 0.4) is 0 Å². The van der Waals surface area contributed by atoms with Gasteiger partial charge in [0.1, 0.15) is 11.5 Å². The van der Waals surface area contributed by atoms with Crippen molar-refractivity contribution in [3.05, 3.63) is 47.9 Å². The Morgan fingerprint density at radius 1 is 1.15 bits per heavy atom. The normalized spacial score (nSPS) is 14.4. The van der Waals surface area contributed by atoms with Crippen LogP contribution in [0.25, 0.3) is 11.5 Å². The summed E-state index contributed by atoms with van der Waals surface area (Å²) in [5.41, 5.74) is 1.88. The second-order valence-corrected chi connectivity index (χ2v) is 6.59. The second kappa shape index (κ2) is 7.75. The van der Waals surface area contributed by atoms with Crippen LogP contribution in [0.4, 0.5) is 0 Å². The van der Waals surface area contributed by atoms with Gasteiger partial charge in [-0.2, -0.15) is 4.98 Å². The maximum Gasteiger partial charge on any atom is 0.259 e. The minimum Gasteiger partial charge on any atom is -0.496 e. The van der Waals surface area contributed by atoms with Crippen LogP contribution in [0, 0.1) is 6.92 Å². The summed E-state index contributed by atoms with van der Waals surface area (Å²) in [6.07, 6.45) is 4.18. The van der Waals surface area contributed by atoms with Crippen LogP contribution in [-0.2, 0) is 6.54 Å². The number of ether oxygens (including phenoxy) is 2. The summed E-state index contributed by atoms with van der Waals surface area (Å²) >= 11 is 0. The molecule has 0 spiro atoms. The summed E-state index contributed by atoms with van der Waals surface area (Å²) in [7, 11) is 1.70. The van der Waals surface area contributed by atoms with Gasteiger partial charge in [0.2, 0.25) is 5.88 Å². The SMILES string of the molecule is COc1ccc(Oc2ccc(-c3nc(C)no3)cn2)cc1CN1CCCC1. The first-order valence-electron chi connectivity index (χ1n) is 9.05. The van der Waals surface area contributed by atoms with Gasteiger partial charge >= 0.3 is 0 Å². The average molecular weight is 366 g/mol. The number of hydrogen-bond acceptors (Lipinski definition) is 7. The smallest absolute Gasteiger partial charge is 0.259 e. The van der Waals surface area contributed by atoms with E-state index in [0.29, 0.717) is 17.6 Å². The Morgan fingerprint density at radius 2 is 2.00 bits per heavy atom. The van der Waals surface area contributed by atoms with Crippen molar-refractivity contribution in [3.8, 4) is 28.8 Å². The Morgan fingerprint density at radius 3 is 2.67 bits per heavy atom. The maximum atomic E-state index is 5.93. The molecule has 1 saturated heterocycles. The van der Waals surface area contributed by atoms with Gasteiger partial charge in [0, 0.05) is 24.4 Å². The standard InChI is InChI=1S/C20H22N4O3/c1-14-22-20(27-23-14)15-5-8-19(21-12-15)26-17-6-7-18(25-2)16(11-17)13-24-9-3-4-10-24/h5-8,11-12H,3-4,9-10,13H2,1-2H3.